The number of hydrogen-bond acceptors (Lipinski definition) is 4. The zero-order chi connectivity index (χ0) is 40.4. The van der Waals surface area contributed by atoms with Crippen LogP contribution < -0.4 is 0 Å². The number of aromatic nitrogens is 5. The molecule has 0 amide bonds. The first-order chi connectivity index (χ1) is 30.2. The van der Waals surface area contributed by atoms with Gasteiger partial charge in [0.2, 0.25) is 0 Å². The second-order valence-corrected chi connectivity index (χ2v) is 15.8. The Hall–Kier alpha value is -7.83. The van der Waals surface area contributed by atoms with E-state index in [-0.39, 0.29) is 0 Å². The predicted molar refractivity (Wildman–Crippen MR) is 251 cm³/mol. The Morgan fingerprint density at radius 3 is 1.64 bits per heavy atom. The number of unbranched alkanes of at least 4 members (excludes halogenated alkanes) is 1. The van der Waals surface area contributed by atoms with Gasteiger partial charge in [-0.3, -0.25) is 0 Å². The molecule has 6 heteroatoms. The quantitative estimate of drug-likeness (QED) is 0.154. The van der Waals surface area contributed by atoms with Crippen molar-refractivity contribution in [1.29, 1.82) is 0 Å². The van der Waals surface area contributed by atoms with Crippen molar-refractivity contribution in [3.05, 3.63) is 188 Å². The first-order valence-corrected chi connectivity index (χ1v) is 21.1. The van der Waals surface area contributed by atoms with Crippen molar-refractivity contribution in [3.63, 3.8) is 0 Å². The maximum Gasteiger partial charge on any atom is 0.164 e. The van der Waals surface area contributed by atoms with Crippen LogP contribution in [-0.2, 0) is 6.42 Å². The molecule has 6 nitrogen and oxygen atoms in total. The van der Waals surface area contributed by atoms with Crippen molar-refractivity contribution in [1.82, 2.24) is 24.1 Å². The van der Waals surface area contributed by atoms with Crippen LogP contribution in [0.2, 0.25) is 0 Å². The van der Waals surface area contributed by atoms with E-state index in [9.17, 15) is 0 Å². The van der Waals surface area contributed by atoms with Crippen molar-refractivity contribution in [2.45, 2.75) is 26.2 Å². The fourth-order valence-electron chi connectivity index (χ4n) is 9.32. The van der Waals surface area contributed by atoms with E-state index in [0.29, 0.717) is 17.5 Å². The smallest absolute Gasteiger partial charge is 0.164 e. The molecule has 0 saturated heterocycles. The maximum atomic E-state index is 6.73. The molecule has 0 N–H and O–H groups in total. The fourth-order valence-corrected chi connectivity index (χ4v) is 9.32. The van der Waals surface area contributed by atoms with Crippen molar-refractivity contribution in [3.8, 4) is 45.5 Å². The summed E-state index contributed by atoms with van der Waals surface area (Å²) in [6.45, 7) is 2.25. The molecule has 0 fully saturated rings. The van der Waals surface area contributed by atoms with Crippen molar-refractivity contribution >= 4 is 65.6 Å². The first-order valence-electron chi connectivity index (χ1n) is 21.1. The van der Waals surface area contributed by atoms with Gasteiger partial charge in [0.1, 0.15) is 11.2 Å². The van der Waals surface area contributed by atoms with Crippen molar-refractivity contribution < 1.29 is 4.42 Å². The predicted octanol–water partition coefficient (Wildman–Crippen LogP) is 14.3. The van der Waals surface area contributed by atoms with Gasteiger partial charge in [0, 0.05) is 49.3 Å². The zero-order valence-corrected chi connectivity index (χ0v) is 33.6. The van der Waals surface area contributed by atoms with Gasteiger partial charge in [0.05, 0.1) is 33.1 Å². The topological polar surface area (TPSA) is 61.7 Å². The largest absolute Gasteiger partial charge is 0.456 e. The third-order valence-corrected chi connectivity index (χ3v) is 12.2. The molecule has 0 aliphatic heterocycles. The Bertz CT molecular complexity index is 3560. The van der Waals surface area contributed by atoms with E-state index in [2.05, 4.69) is 137 Å². The van der Waals surface area contributed by atoms with E-state index in [4.69, 9.17) is 19.4 Å². The summed E-state index contributed by atoms with van der Waals surface area (Å²) in [6.07, 6.45) is 3.50. The molecule has 8 aromatic carbocycles. The molecule has 0 aliphatic carbocycles. The normalized spacial score (nSPS) is 11.9. The zero-order valence-electron chi connectivity index (χ0n) is 33.6. The molecule has 12 aromatic rings. The second kappa shape index (κ2) is 14.2. The number of fused-ring (bicyclic) bond motifs is 10. The molecular formula is C55H39N5O. The van der Waals surface area contributed by atoms with Crippen LogP contribution in [0.15, 0.2) is 186 Å². The number of nitrogens with zero attached hydrogens (tertiary/aromatic N) is 5. The molecule has 0 bridgehead atoms. The van der Waals surface area contributed by atoms with Gasteiger partial charge in [0.25, 0.3) is 0 Å². The molecule has 0 atom stereocenters. The number of hydrogen-bond donors (Lipinski definition) is 0. The highest BCUT2D eigenvalue weighted by Crippen LogP contribution is 2.44. The van der Waals surface area contributed by atoms with E-state index in [1.165, 1.54) is 56.7 Å². The lowest BCUT2D eigenvalue weighted by molar-refractivity contribution is 0.669. The molecule has 4 aromatic heterocycles. The highest BCUT2D eigenvalue weighted by Gasteiger charge is 2.23. The van der Waals surface area contributed by atoms with Crippen LogP contribution in [0.3, 0.4) is 0 Å². The summed E-state index contributed by atoms with van der Waals surface area (Å²) < 4.78 is 11.6. The molecule has 290 valence electrons. The summed E-state index contributed by atoms with van der Waals surface area (Å²) >= 11 is 0. The van der Waals surface area contributed by atoms with Gasteiger partial charge in [-0.25, -0.2) is 15.0 Å². The minimum absolute atomic E-state index is 0.591. The van der Waals surface area contributed by atoms with E-state index < -0.39 is 0 Å². The molecule has 61 heavy (non-hydrogen) atoms. The van der Waals surface area contributed by atoms with Gasteiger partial charge in [-0.1, -0.05) is 135 Å². The SMILES string of the molecule is CCCCc1ccc(-n2c3ccccc3c3c4c5ccccc5n(-c5cccc6oc7cc(-c8nc(-c9ccccc9)nc(-c9ccccc9)n8)ccc7c56)c4ccc32)cc1. The van der Waals surface area contributed by atoms with Crippen LogP contribution in [0, 0.1) is 0 Å². The van der Waals surface area contributed by atoms with Crippen LogP contribution in [0.25, 0.3) is 111 Å². The Kier molecular flexibility index (Phi) is 8.17. The first kappa shape index (κ1) is 35.1. The lowest BCUT2D eigenvalue weighted by Gasteiger charge is -2.11. The molecule has 12 rings (SSSR count). The fraction of sp³-hybridized carbons (Fsp3) is 0.0727. The van der Waals surface area contributed by atoms with Gasteiger partial charge in [-0.15, -0.1) is 0 Å². The summed E-state index contributed by atoms with van der Waals surface area (Å²) in [6, 6.07) is 64.2. The lowest BCUT2D eigenvalue weighted by Crippen LogP contribution is -2.00. The van der Waals surface area contributed by atoms with Gasteiger partial charge < -0.3 is 13.6 Å². The van der Waals surface area contributed by atoms with Crippen LogP contribution in [0.1, 0.15) is 25.3 Å². The summed E-state index contributed by atoms with van der Waals surface area (Å²) in [4.78, 5) is 14.9. The average Bonchev–Trinajstić information content (AvgIpc) is 3.99. The molecule has 0 unspecified atom stereocenters. The van der Waals surface area contributed by atoms with E-state index in [1.54, 1.807) is 0 Å². The maximum absolute atomic E-state index is 6.73. The monoisotopic (exact) mass is 785 g/mol. The summed E-state index contributed by atoms with van der Waals surface area (Å²) in [5, 5.41) is 7.04. The van der Waals surface area contributed by atoms with Crippen molar-refractivity contribution in [2.75, 3.05) is 0 Å². The lowest BCUT2D eigenvalue weighted by atomic mass is 10.1. The third-order valence-electron chi connectivity index (χ3n) is 12.2. The highest BCUT2D eigenvalue weighted by molar-refractivity contribution is 6.29. The van der Waals surface area contributed by atoms with Gasteiger partial charge in [-0.2, -0.15) is 0 Å². The number of para-hydroxylation sites is 2. The molecule has 4 heterocycles. The van der Waals surface area contributed by atoms with Gasteiger partial charge in [0.15, 0.2) is 17.5 Å². The van der Waals surface area contributed by atoms with E-state index in [0.717, 1.165) is 61.8 Å². The Morgan fingerprint density at radius 2 is 1.00 bits per heavy atom. The third kappa shape index (κ3) is 5.67. The van der Waals surface area contributed by atoms with Crippen LogP contribution in [-0.4, -0.2) is 24.1 Å². The number of furan rings is 1. The summed E-state index contributed by atoms with van der Waals surface area (Å²) in [5.74, 6) is 1.84. The van der Waals surface area contributed by atoms with Crippen LogP contribution >= 0.6 is 0 Å². The minimum Gasteiger partial charge on any atom is -0.456 e. The standard InChI is InChI=1S/C55H39N5O/c1-2-3-15-35-26-29-39(30-27-35)59-43-22-12-10-20-40(43)51-46(59)32-33-47-52(51)41-21-11-13-23-44(41)60(47)45-24-14-25-48-50(45)42-31-28-38(34-49(42)61-48)55-57-53(36-16-6-4-7-17-36)56-54(58-55)37-18-8-5-9-19-37/h4-14,16-34H,2-3,15H2,1H3. The second-order valence-electron chi connectivity index (χ2n) is 15.8. The molecule has 0 spiro atoms. The number of aryl methyl sites for hydroxylation is 1. The molecule has 0 radical (unpaired) electrons. The van der Waals surface area contributed by atoms with Crippen LogP contribution in [0.4, 0.5) is 0 Å². The Balaban J connectivity index is 1.05. The molecule has 0 saturated carbocycles. The summed E-state index contributed by atoms with van der Waals surface area (Å²) in [7, 11) is 0. The average molecular weight is 786 g/mol. The highest BCUT2D eigenvalue weighted by atomic mass is 16.3. The van der Waals surface area contributed by atoms with Gasteiger partial charge in [-0.05, 0) is 79.1 Å². The Morgan fingerprint density at radius 1 is 0.426 bits per heavy atom. The van der Waals surface area contributed by atoms with Crippen molar-refractivity contribution in [2.24, 2.45) is 0 Å². The number of rotatable bonds is 8. The molecular weight excluding hydrogens is 747 g/mol. The number of benzene rings is 8. The minimum atomic E-state index is 0.591. The van der Waals surface area contributed by atoms with Crippen LogP contribution in [0.5, 0.6) is 0 Å². The van der Waals surface area contributed by atoms with E-state index in [1.807, 2.05) is 60.7 Å². The van der Waals surface area contributed by atoms with Gasteiger partial charge >= 0.3 is 0 Å². The molecule has 0 aliphatic rings. The van der Waals surface area contributed by atoms with E-state index >= 15 is 0 Å². The summed E-state index contributed by atoms with van der Waals surface area (Å²) in [5.41, 5.74) is 12.6. The Labute approximate surface area is 352 Å².